The number of benzene rings is 2. The maximum Gasteiger partial charge on any atom is 0.334 e. The quantitative estimate of drug-likeness (QED) is 0.495. The average Bonchev–Trinajstić information content (AvgIpc) is 3.04. The molecule has 0 aliphatic carbocycles. The summed E-state index contributed by atoms with van der Waals surface area (Å²) in [4.78, 5) is 26.8. The first-order chi connectivity index (χ1) is 12.4. The molecule has 0 fully saturated rings. The van der Waals surface area contributed by atoms with Crippen LogP contribution in [0.2, 0.25) is 0 Å². The van der Waals surface area contributed by atoms with E-state index in [1.54, 1.807) is 6.07 Å². The number of H-pyrrole nitrogens is 1. The Labute approximate surface area is 158 Å². The van der Waals surface area contributed by atoms with Crippen LogP contribution < -0.4 is 5.32 Å². The summed E-state index contributed by atoms with van der Waals surface area (Å²) >= 11 is 3.38. The highest BCUT2D eigenvalue weighted by molar-refractivity contribution is 9.10. The molecular weight excluding hydrogens is 400 g/mol. The Morgan fingerprint density at radius 2 is 1.85 bits per heavy atom. The van der Waals surface area contributed by atoms with Crippen LogP contribution in [0.15, 0.2) is 59.1 Å². The van der Waals surface area contributed by atoms with E-state index in [2.05, 4.69) is 26.2 Å². The van der Waals surface area contributed by atoms with E-state index in [1.807, 2.05) is 48.5 Å². The van der Waals surface area contributed by atoms with E-state index < -0.39 is 24.0 Å². The minimum absolute atomic E-state index is 0.200. The second kappa shape index (κ2) is 7.72. The van der Waals surface area contributed by atoms with Crippen molar-refractivity contribution in [3.05, 3.63) is 70.3 Å². The monoisotopic (exact) mass is 416 g/mol. The van der Waals surface area contributed by atoms with E-state index in [1.165, 1.54) is 0 Å². The minimum atomic E-state index is -1.71. The van der Waals surface area contributed by atoms with Crippen LogP contribution in [0.4, 0.5) is 0 Å². The largest absolute Gasteiger partial charge is 0.479 e. The summed E-state index contributed by atoms with van der Waals surface area (Å²) in [6.07, 6.45) is -1.51. The number of aromatic amines is 1. The summed E-state index contributed by atoms with van der Waals surface area (Å²) in [5, 5.41) is 22.6. The zero-order valence-electron chi connectivity index (χ0n) is 13.6. The molecular formula is C19H17BrN2O4. The number of nitrogens with one attached hydrogen (secondary N) is 2. The van der Waals surface area contributed by atoms with Gasteiger partial charge in [0.05, 0.1) is 6.04 Å². The fraction of sp³-hybridized carbons (Fsp3) is 0.158. The smallest absolute Gasteiger partial charge is 0.334 e. The number of carbonyl (C=O) groups is 2. The second-order valence-electron chi connectivity index (χ2n) is 5.97. The van der Waals surface area contributed by atoms with Crippen molar-refractivity contribution >= 4 is 38.7 Å². The number of aliphatic hydroxyl groups excluding tert-OH is 1. The van der Waals surface area contributed by atoms with Crippen molar-refractivity contribution in [2.45, 2.75) is 18.6 Å². The number of hydrogen-bond donors (Lipinski definition) is 4. The van der Waals surface area contributed by atoms with Crippen LogP contribution >= 0.6 is 15.9 Å². The molecule has 7 heteroatoms. The number of rotatable bonds is 6. The summed E-state index contributed by atoms with van der Waals surface area (Å²) < 4.78 is 0.888. The lowest BCUT2D eigenvalue weighted by molar-refractivity contribution is -0.148. The standard InChI is InChI=1S/C19H17BrN2O4/c20-13-6-7-14-12(9-13)10-16(21-14)18(24)22-15(17(23)19(25)26)8-11-4-2-1-3-5-11/h1-7,9-10,15,17,21,23H,8H2,(H,22,24)(H,25,26)/t15-,17+/m0/s1. The molecule has 0 unspecified atom stereocenters. The SMILES string of the molecule is O=C(N[C@@H](Cc1ccccc1)[C@@H](O)C(=O)O)c1cc2cc(Br)ccc2[nH]1. The highest BCUT2D eigenvalue weighted by Crippen LogP contribution is 2.20. The van der Waals surface area contributed by atoms with Crippen LogP contribution in [0.3, 0.4) is 0 Å². The van der Waals surface area contributed by atoms with Crippen LogP contribution in [0.5, 0.6) is 0 Å². The Balaban J connectivity index is 1.82. The molecule has 3 aromatic rings. The number of carboxylic acid groups (broad SMARTS) is 1. The maximum atomic E-state index is 12.6. The van der Waals surface area contributed by atoms with Crippen molar-refractivity contribution in [2.75, 3.05) is 0 Å². The predicted molar refractivity (Wildman–Crippen MR) is 101 cm³/mol. The van der Waals surface area contributed by atoms with E-state index in [0.717, 1.165) is 20.9 Å². The van der Waals surface area contributed by atoms with Crippen LogP contribution in [0, 0.1) is 0 Å². The number of carbonyl (C=O) groups excluding carboxylic acids is 1. The van der Waals surface area contributed by atoms with Crippen LogP contribution in [0.25, 0.3) is 10.9 Å². The molecule has 2 atom stereocenters. The number of hydrogen-bond acceptors (Lipinski definition) is 3. The van der Waals surface area contributed by atoms with E-state index >= 15 is 0 Å². The van der Waals surface area contributed by atoms with Gasteiger partial charge in [-0.05, 0) is 36.2 Å². The van der Waals surface area contributed by atoms with Gasteiger partial charge in [-0.3, -0.25) is 4.79 Å². The lowest BCUT2D eigenvalue weighted by Gasteiger charge is -2.21. The van der Waals surface area contributed by atoms with E-state index in [-0.39, 0.29) is 6.42 Å². The molecule has 0 aliphatic rings. The second-order valence-corrected chi connectivity index (χ2v) is 6.88. The molecule has 134 valence electrons. The van der Waals surface area contributed by atoms with Gasteiger partial charge in [0.1, 0.15) is 5.69 Å². The topological polar surface area (TPSA) is 102 Å². The lowest BCUT2D eigenvalue weighted by Crippen LogP contribution is -2.48. The third-order valence-corrected chi connectivity index (χ3v) is 4.57. The van der Waals surface area contributed by atoms with Crippen LogP contribution in [0.1, 0.15) is 16.1 Å². The normalized spacial score (nSPS) is 13.3. The number of aliphatic hydroxyl groups is 1. The summed E-state index contributed by atoms with van der Waals surface area (Å²) in [6, 6.07) is 15.4. The summed E-state index contributed by atoms with van der Waals surface area (Å²) in [5.41, 5.74) is 1.91. The van der Waals surface area contributed by atoms with Gasteiger partial charge in [0.15, 0.2) is 6.10 Å². The number of aromatic nitrogens is 1. The first kappa shape index (κ1) is 18.2. The molecule has 0 aliphatic heterocycles. The van der Waals surface area contributed by atoms with Crippen molar-refractivity contribution in [3.63, 3.8) is 0 Å². The summed E-state index contributed by atoms with van der Waals surface area (Å²) in [5.74, 6) is -1.86. The van der Waals surface area contributed by atoms with Gasteiger partial charge in [-0.2, -0.15) is 0 Å². The molecule has 26 heavy (non-hydrogen) atoms. The minimum Gasteiger partial charge on any atom is -0.479 e. The Kier molecular flexibility index (Phi) is 5.39. The van der Waals surface area contributed by atoms with Crippen molar-refractivity contribution in [1.29, 1.82) is 0 Å². The van der Waals surface area contributed by atoms with E-state index in [4.69, 9.17) is 5.11 Å². The van der Waals surface area contributed by atoms with E-state index in [9.17, 15) is 14.7 Å². The number of aliphatic carboxylic acids is 1. The molecule has 0 bridgehead atoms. The highest BCUT2D eigenvalue weighted by atomic mass is 79.9. The molecule has 3 rings (SSSR count). The number of fused-ring (bicyclic) bond motifs is 1. The molecule has 6 nitrogen and oxygen atoms in total. The zero-order chi connectivity index (χ0) is 18.7. The van der Waals surface area contributed by atoms with Crippen LogP contribution in [-0.2, 0) is 11.2 Å². The van der Waals surface area contributed by atoms with Crippen molar-refractivity contribution in [1.82, 2.24) is 10.3 Å². The van der Waals surface area contributed by atoms with Crippen LogP contribution in [-0.4, -0.2) is 39.2 Å². The molecule has 4 N–H and O–H groups in total. The van der Waals surface area contributed by atoms with Gasteiger partial charge >= 0.3 is 5.97 Å². The predicted octanol–water partition coefficient (Wildman–Crippen LogP) is 2.72. The van der Waals surface area contributed by atoms with Crippen molar-refractivity contribution in [3.8, 4) is 0 Å². The molecule has 1 amide bonds. The van der Waals surface area contributed by atoms with Gasteiger partial charge < -0.3 is 20.5 Å². The van der Waals surface area contributed by atoms with Gasteiger partial charge in [-0.1, -0.05) is 46.3 Å². The Morgan fingerprint density at radius 3 is 2.54 bits per heavy atom. The molecule has 2 aromatic carbocycles. The third kappa shape index (κ3) is 4.12. The first-order valence-electron chi connectivity index (χ1n) is 7.98. The van der Waals surface area contributed by atoms with Crippen molar-refractivity contribution < 1.29 is 19.8 Å². The molecule has 0 saturated heterocycles. The van der Waals surface area contributed by atoms with Gasteiger partial charge in [0, 0.05) is 15.4 Å². The summed E-state index contributed by atoms with van der Waals surface area (Å²) in [6.45, 7) is 0. The fourth-order valence-electron chi connectivity index (χ4n) is 2.75. The Morgan fingerprint density at radius 1 is 1.12 bits per heavy atom. The van der Waals surface area contributed by atoms with Gasteiger partial charge in [-0.25, -0.2) is 4.79 Å². The highest BCUT2D eigenvalue weighted by Gasteiger charge is 2.28. The maximum absolute atomic E-state index is 12.6. The van der Waals surface area contributed by atoms with E-state index in [0.29, 0.717) is 5.69 Å². The fourth-order valence-corrected chi connectivity index (χ4v) is 3.13. The van der Waals surface area contributed by atoms with Gasteiger partial charge in [0.25, 0.3) is 5.91 Å². The summed E-state index contributed by atoms with van der Waals surface area (Å²) in [7, 11) is 0. The van der Waals surface area contributed by atoms with Crippen molar-refractivity contribution in [2.24, 2.45) is 0 Å². The van der Waals surface area contributed by atoms with Gasteiger partial charge in [0.2, 0.25) is 0 Å². The third-order valence-electron chi connectivity index (χ3n) is 4.08. The number of amides is 1. The number of carboxylic acids is 1. The zero-order valence-corrected chi connectivity index (χ0v) is 15.2. The molecule has 0 spiro atoms. The Hall–Kier alpha value is -2.64. The molecule has 0 radical (unpaired) electrons. The number of halogens is 1. The van der Waals surface area contributed by atoms with Gasteiger partial charge in [-0.15, -0.1) is 0 Å². The Bertz CT molecular complexity index is 939. The molecule has 0 saturated carbocycles. The molecule has 1 aromatic heterocycles. The molecule has 1 heterocycles. The first-order valence-corrected chi connectivity index (χ1v) is 8.77. The lowest BCUT2D eigenvalue weighted by atomic mass is 10.0. The average molecular weight is 417 g/mol.